The summed E-state index contributed by atoms with van der Waals surface area (Å²) >= 11 is 0. The first-order valence-electron chi connectivity index (χ1n) is 7.56. The topological polar surface area (TPSA) is 83.4 Å². The maximum Gasteiger partial charge on any atom is 0.228 e. The van der Waals surface area contributed by atoms with Gasteiger partial charge >= 0.3 is 0 Å². The van der Waals surface area contributed by atoms with E-state index in [0.29, 0.717) is 31.3 Å². The molecule has 0 saturated carbocycles. The van der Waals surface area contributed by atoms with E-state index in [9.17, 15) is 0 Å². The number of hydrogen-bond donors (Lipinski definition) is 1. The van der Waals surface area contributed by atoms with E-state index in [1.165, 1.54) is 0 Å². The van der Waals surface area contributed by atoms with Crippen molar-refractivity contribution in [2.45, 2.75) is 58.1 Å². The first kappa shape index (κ1) is 16.4. The van der Waals surface area contributed by atoms with E-state index in [0.717, 1.165) is 19.3 Å². The standard InChI is InChI=1S/C15H27N3O3/c1-14(2,3)10-11(16)9-12-17-13(18-21-12)15(19-4)5-7-20-8-6-15/h11H,5-10,16H2,1-4H3. The largest absolute Gasteiger partial charge is 0.381 e. The summed E-state index contributed by atoms with van der Waals surface area (Å²) in [7, 11) is 1.69. The van der Waals surface area contributed by atoms with Crippen LogP contribution in [-0.4, -0.2) is 36.5 Å². The summed E-state index contributed by atoms with van der Waals surface area (Å²) in [5, 5.41) is 4.11. The molecule has 0 radical (unpaired) electrons. The van der Waals surface area contributed by atoms with Crippen molar-refractivity contribution >= 4 is 0 Å². The molecule has 1 aromatic heterocycles. The van der Waals surface area contributed by atoms with Gasteiger partial charge in [0.05, 0.1) is 0 Å². The number of methoxy groups -OCH3 is 1. The minimum atomic E-state index is -0.478. The van der Waals surface area contributed by atoms with Gasteiger partial charge in [0.25, 0.3) is 0 Å². The Kier molecular flexibility index (Phi) is 5.01. The van der Waals surface area contributed by atoms with Gasteiger partial charge in [-0.15, -0.1) is 0 Å². The van der Waals surface area contributed by atoms with E-state index in [4.69, 9.17) is 19.7 Å². The van der Waals surface area contributed by atoms with Crippen molar-refractivity contribution in [3.8, 4) is 0 Å². The third-order valence-electron chi connectivity index (χ3n) is 3.88. The van der Waals surface area contributed by atoms with Crippen LogP contribution in [0.4, 0.5) is 0 Å². The van der Waals surface area contributed by atoms with E-state index >= 15 is 0 Å². The second-order valence-electron chi connectivity index (χ2n) is 7.05. The normalized spacial score (nSPS) is 20.4. The predicted octanol–water partition coefficient (Wildman–Crippen LogP) is 2.03. The summed E-state index contributed by atoms with van der Waals surface area (Å²) < 4.78 is 16.4. The van der Waals surface area contributed by atoms with Crippen LogP contribution in [0, 0.1) is 5.41 Å². The zero-order valence-corrected chi connectivity index (χ0v) is 13.5. The van der Waals surface area contributed by atoms with E-state index in [1.807, 2.05) is 0 Å². The van der Waals surface area contributed by atoms with Gasteiger partial charge in [-0.1, -0.05) is 25.9 Å². The van der Waals surface area contributed by atoms with Gasteiger partial charge in [-0.05, 0) is 11.8 Å². The summed E-state index contributed by atoms with van der Waals surface area (Å²) in [5.41, 5.74) is 5.88. The Hall–Kier alpha value is -0.980. The van der Waals surface area contributed by atoms with Gasteiger partial charge in [-0.3, -0.25) is 0 Å². The zero-order chi connectivity index (χ0) is 15.5. The van der Waals surface area contributed by atoms with Crippen LogP contribution in [0.1, 0.15) is 51.7 Å². The highest BCUT2D eigenvalue weighted by molar-refractivity contribution is 5.03. The van der Waals surface area contributed by atoms with E-state index in [1.54, 1.807) is 7.11 Å². The van der Waals surface area contributed by atoms with Crippen molar-refractivity contribution in [2.24, 2.45) is 11.1 Å². The molecule has 2 N–H and O–H groups in total. The monoisotopic (exact) mass is 297 g/mol. The molecule has 2 heterocycles. The lowest BCUT2D eigenvalue weighted by atomic mass is 9.87. The fourth-order valence-electron chi connectivity index (χ4n) is 2.83. The Labute approximate surface area is 126 Å². The third kappa shape index (κ3) is 4.25. The maximum absolute atomic E-state index is 6.17. The molecule has 120 valence electrons. The molecule has 1 unspecified atom stereocenters. The van der Waals surface area contributed by atoms with Crippen LogP contribution in [0.3, 0.4) is 0 Å². The van der Waals surface area contributed by atoms with E-state index in [-0.39, 0.29) is 11.5 Å². The quantitative estimate of drug-likeness (QED) is 0.895. The van der Waals surface area contributed by atoms with Crippen LogP contribution in [0.5, 0.6) is 0 Å². The van der Waals surface area contributed by atoms with E-state index in [2.05, 4.69) is 30.9 Å². The average Bonchev–Trinajstić information content (AvgIpc) is 2.86. The van der Waals surface area contributed by atoms with Gasteiger partial charge < -0.3 is 19.7 Å². The molecule has 1 aliphatic rings. The van der Waals surface area contributed by atoms with Gasteiger partial charge in [0.1, 0.15) is 5.60 Å². The molecular weight excluding hydrogens is 270 g/mol. The summed E-state index contributed by atoms with van der Waals surface area (Å²) in [6.45, 7) is 7.83. The molecule has 0 aliphatic carbocycles. The molecule has 1 aliphatic heterocycles. The molecule has 0 amide bonds. The lowest BCUT2D eigenvalue weighted by molar-refractivity contribution is -0.101. The Bertz CT molecular complexity index is 447. The van der Waals surface area contributed by atoms with Crippen LogP contribution >= 0.6 is 0 Å². The Morgan fingerprint density at radius 1 is 1.33 bits per heavy atom. The van der Waals surface area contributed by atoms with Crippen LogP contribution < -0.4 is 5.73 Å². The highest BCUT2D eigenvalue weighted by Crippen LogP contribution is 2.33. The first-order valence-corrected chi connectivity index (χ1v) is 7.56. The van der Waals surface area contributed by atoms with Crippen molar-refractivity contribution in [3.05, 3.63) is 11.7 Å². The van der Waals surface area contributed by atoms with Gasteiger partial charge in [0.15, 0.2) is 0 Å². The number of aromatic nitrogens is 2. The van der Waals surface area contributed by atoms with Crippen molar-refractivity contribution in [3.63, 3.8) is 0 Å². The second kappa shape index (κ2) is 6.42. The fourth-order valence-corrected chi connectivity index (χ4v) is 2.83. The Morgan fingerprint density at radius 3 is 2.57 bits per heavy atom. The van der Waals surface area contributed by atoms with Gasteiger partial charge in [-0.2, -0.15) is 4.98 Å². The molecule has 1 fully saturated rings. The van der Waals surface area contributed by atoms with Crippen molar-refractivity contribution in [2.75, 3.05) is 20.3 Å². The molecule has 0 spiro atoms. The SMILES string of the molecule is COC1(c2noc(CC(N)CC(C)(C)C)n2)CCOCC1. The predicted molar refractivity (Wildman–Crippen MR) is 78.8 cm³/mol. The van der Waals surface area contributed by atoms with Crippen LogP contribution in [-0.2, 0) is 21.5 Å². The molecule has 6 heteroatoms. The summed E-state index contributed by atoms with van der Waals surface area (Å²) in [5.74, 6) is 1.20. The Balaban J connectivity index is 2.03. The number of nitrogens with zero attached hydrogens (tertiary/aromatic N) is 2. The number of nitrogens with two attached hydrogens (primary N) is 1. The lowest BCUT2D eigenvalue weighted by Crippen LogP contribution is -2.36. The van der Waals surface area contributed by atoms with Crippen LogP contribution in [0.15, 0.2) is 4.52 Å². The third-order valence-corrected chi connectivity index (χ3v) is 3.88. The fraction of sp³-hybridized carbons (Fsp3) is 0.867. The summed E-state index contributed by atoms with van der Waals surface area (Å²) in [6, 6.07) is 0.0199. The summed E-state index contributed by atoms with van der Waals surface area (Å²) in [6.07, 6.45) is 3.00. The van der Waals surface area contributed by atoms with Gasteiger partial charge in [-0.25, -0.2) is 0 Å². The molecule has 1 atom stereocenters. The van der Waals surface area contributed by atoms with Crippen molar-refractivity contribution in [1.29, 1.82) is 0 Å². The smallest absolute Gasteiger partial charge is 0.228 e. The molecule has 1 aromatic rings. The summed E-state index contributed by atoms with van der Waals surface area (Å²) in [4.78, 5) is 4.51. The number of hydrogen-bond acceptors (Lipinski definition) is 6. The molecule has 6 nitrogen and oxygen atoms in total. The molecular formula is C15H27N3O3. The highest BCUT2D eigenvalue weighted by atomic mass is 16.5. The minimum absolute atomic E-state index is 0.0199. The van der Waals surface area contributed by atoms with Gasteiger partial charge in [0, 0.05) is 45.6 Å². The molecule has 21 heavy (non-hydrogen) atoms. The molecule has 0 aromatic carbocycles. The van der Waals surface area contributed by atoms with Crippen LogP contribution in [0.25, 0.3) is 0 Å². The van der Waals surface area contributed by atoms with Gasteiger partial charge in [0.2, 0.25) is 11.7 Å². The van der Waals surface area contributed by atoms with Crippen LogP contribution in [0.2, 0.25) is 0 Å². The molecule has 0 bridgehead atoms. The molecule has 2 rings (SSSR count). The average molecular weight is 297 g/mol. The number of ether oxygens (including phenoxy) is 2. The molecule has 1 saturated heterocycles. The number of rotatable bonds is 5. The van der Waals surface area contributed by atoms with E-state index < -0.39 is 5.60 Å². The highest BCUT2D eigenvalue weighted by Gasteiger charge is 2.39. The first-order chi connectivity index (χ1) is 9.85. The Morgan fingerprint density at radius 2 is 2.00 bits per heavy atom. The van der Waals surface area contributed by atoms with Crippen molar-refractivity contribution in [1.82, 2.24) is 10.1 Å². The maximum atomic E-state index is 6.17. The minimum Gasteiger partial charge on any atom is -0.381 e. The van der Waals surface area contributed by atoms with Crippen molar-refractivity contribution < 1.29 is 14.0 Å². The second-order valence-corrected chi connectivity index (χ2v) is 7.05. The lowest BCUT2D eigenvalue weighted by Gasteiger charge is -2.32. The zero-order valence-electron chi connectivity index (χ0n) is 13.5.